The molecule has 0 aliphatic heterocycles. The Hall–Kier alpha value is -0.920. The summed E-state index contributed by atoms with van der Waals surface area (Å²) in [5.74, 6) is -0.528. The van der Waals surface area contributed by atoms with Crippen LogP contribution in [-0.2, 0) is 0 Å². The molecule has 2 heteroatoms. The second kappa shape index (κ2) is 3.13. The fourth-order valence-corrected chi connectivity index (χ4v) is 0.253. The van der Waals surface area contributed by atoms with Gasteiger partial charge in [0.25, 0.3) is 0 Å². The fraction of sp³-hybridized carbons (Fsp3) is 0.167. The monoisotopic (exact) mass is 113 g/mol. The first-order chi connectivity index (χ1) is 3.72. The molecule has 0 saturated heterocycles. The zero-order valence-electron chi connectivity index (χ0n) is 4.74. The smallest absolute Gasteiger partial charge is 0.143 e. The highest BCUT2D eigenvalue weighted by molar-refractivity contribution is 6.03. The molecule has 0 rings (SSSR count). The van der Waals surface area contributed by atoms with Crippen LogP contribution in [0, 0.1) is 5.41 Å². The first-order valence-corrected chi connectivity index (χ1v) is 2.25. The van der Waals surface area contributed by atoms with Crippen molar-refractivity contribution >= 4 is 5.71 Å². The van der Waals surface area contributed by atoms with Crippen molar-refractivity contribution in [3.05, 3.63) is 24.6 Å². The predicted molar refractivity (Wildman–Crippen MR) is 32.8 cm³/mol. The quantitative estimate of drug-likeness (QED) is 0.530. The van der Waals surface area contributed by atoms with Crippen LogP contribution in [-0.4, -0.2) is 5.71 Å². The molecule has 0 heterocycles. The number of hydrogen-bond acceptors (Lipinski definition) is 1. The van der Waals surface area contributed by atoms with Gasteiger partial charge >= 0.3 is 0 Å². The Morgan fingerprint density at radius 2 is 2.25 bits per heavy atom. The molecule has 0 amide bonds. The molecule has 0 aromatic heterocycles. The standard InChI is InChI=1S/C6H8FN/c1-3-5(7)6(8)4-2/h3-4,8H,2H2,1H3. The second-order valence-electron chi connectivity index (χ2n) is 1.25. The van der Waals surface area contributed by atoms with Crippen LogP contribution in [0.1, 0.15) is 6.92 Å². The Morgan fingerprint density at radius 1 is 1.75 bits per heavy atom. The maximum atomic E-state index is 12.1. The number of nitrogens with one attached hydrogen (secondary N) is 1. The van der Waals surface area contributed by atoms with Crippen LogP contribution < -0.4 is 0 Å². The molecule has 44 valence electrons. The van der Waals surface area contributed by atoms with Gasteiger partial charge in [0.1, 0.15) is 5.83 Å². The van der Waals surface area contributed by atoms with Gasteiger partial charge in [0.2, 0.25) is 0 Å². The largest absolute Gasteiger partial charge is 0.298 e. The normalized spacial score (nSPS) is 11.0. The van der Waals surface area contributed by atoms with Gasteiger partial charge in [-0.15, -0.1) is 0 Å². The maximum absolute atomic E-state index is 12.1. The summed E-state index contributed by atoms with van der Waals surface area (Å²) in [5.41, 5.74) is -0.160. The highest BCUT2D eigenvalue weighted by Crippen LogP contribution is 1.96. The molecule has 1 N–H and O–H groups in total. The third-order valence-corrected chi connectivity index (χ3v) is 0.715. The highest BCUT2D eigenvalue weighted by Gasteiger charge is 1.93. The topological polar surface area (TPSA) is 23.9 Å². The molecule has 0 aromatic carbocycles. The summed E-state index contributed by atoms with van der Waals surface area (Å²) in [6, 6.07) is 0. The van der Waals surface area contributed by atoms with Crippen molar-refractivity contribution < 1.29 is 4.39 Å². The van der Waals surface area contributed by atoms with Gasteiger partial charge < -0.3 is 0 Å². The van der Waals surface area contributed by atoms with Crippen molar-refractivity contribution in [2.75, 3.05) is 0 Å². The zero-order chi connectivity index (χ0) is 6.57. The van der Waals surface area contributed by atoms with Crippen LogP contribution in [0.15, 0.2) is 24.6 Å². The number of hydrogen-bond donors (Lipinski definition) is 1. The van der Waals surface area contributed by atoms with Gasteiger partial charge in [0, 0.05) is 0 Å². The lowest BCUT2D eigenvalue weighted by molar-refractivity contribution is 0.679. The summed E-state index contributed by atoms with van der Waals surface area (Å²) in [6.07, 6.45) is 2.39. The van der Waals surface area contributed by atoms with Crippen molar-refractivity contribution in [1.29, 1.82) is 5.41 Å². The molecule has 0 bridgehead atoms. The summed E-state index contributed by atoms with van der Waals surface area (Å²) in [7, 11) is 0. The van der Waals surface area contributed by atoms with Gasteiger partial charge in [-0.2, -0.15) is 0 Å². The third-order valence-electron chi connectivity index (χ3n) is 0.715. The van der Waals surface area contributed by atoms with E-state index in [-0.39, 0.29) is 5.71 Å². The summed E-state index contributed by atoms with van der Waals surface area (Å²) in [5, 5.41) is 6.78. The van der Waals surface area contributed by atoms with Gasteiger partial charge in [-0.3, -0.25) is 5.41 Å². The number of halogens is 1. The van der Waals surface area contributed by atoms with Crippen LogP contribution in [0.5, 0.6) is 0 Å². The van der Waals surface area contributed by atoms with Crippen molar-refractivity contribution in [3.8, 4) is 0 Å². The molecule has 0 saturated carbocycles. The molecule has 0 unspecified atom stereocenters. The average Bonchev–Trinajstić information content (AvgIpc) is 1.84. The molecule has 0 aromatic rings. The van der Waals surface area contributed by atoms with Gasteiger partial charge in [-0.1, -0.05) is 6.58 Å². The minimum Gasteiger partial charge on any atom is -0.298 e. The lowest BCUT2D eigenvalue weighted by Gasteiger charge is -1.86. The third kappa shape index (κ3) is 1.69. The SMILES string of the molecule is C=CC(=N)C(F)=CC. The molecule has 0 spiro atoms. The molecule has 8 heavy (non-hydrogen) atoms. The molecule has 0 radical (unpaired) electrons. The lowest BCUT2D eigenvalue weighted by Crippen LogP contribution is -1.88. The Balaban J connectivity index is 4.03. The van der Waals surface area contributed by atoms with Crippen molar-refractivity contribution in [1.82, 2.24) is 0 Å². The van der Waals surface area contributed by atoms with E-state index in [1.54, 1.807) is 0 Å². The second-order valence-corrected chi connectivity index (χ2v) is 1.25. The van der Waals surface area contributed by atoms with Crippen molar-refractivity contribution in [2.45, 2.75) is 6.92 Å². The molecule has 0 atom stereocenters. The Labute approximate surface area is 48.0 Å². The van der Waals surface area contributed by atoms with Crippen LogP contribution >= 0.6 is 0 Å². The van der Waals surface area contributed by atoms with Crippen LogP contribution in [0.4, 0.5) is 4.39 Å². The van der Waals surface area contributed by atoms with E-state index in [4.69, 9.17) is 5.41 Å². The van der Waals surface area contributed by atoms with E-state index >= 15 is 0 Å². The predicted octanol–water partition coefficient (Wildman–Crippen LogP) is 2.07. The minimum absolute atomic E-state index is 0.160. The van der Waals surface area contributed by atoms with E-state index in [2.05, 4.69) is 6.58 Å². The maximum Gasteiger partial charge on any atom is 0.143 e. The van der Waals surface area contributed by atoms with Crippen LogP contribution in [0.2, 0.25) is 0 Å². The molecule has 0 fully saturated rings. The molecular formula is C6H8FN. The van der Waals surface area contributed by atoms with Crippen molar-refractivity contribution in [3.63, 3.8) is 0 Å². The summed E-state index contributed by atoms with van der Waals surface area (Å²) in [6.45, 7) is 4.76. The first kappa shape index (κ1) is 7.08. The van der Waals surface area contributed by atoms with E-state index in [9.17, 15) is 4.39 Å². The van der Waals surface area contributed by atoms with Gasteiger partial charge in [-0.05, 0) is 19.1 Å². The summed E-state index contributed by atoms with van der Waals surface area (Å²) < 4.78 is 12.1. The highest BCUT2D eigenvalue weighted by atomic mass is 19.1. The fourth-order valence-electron chi connectivity index (χ4n) is 0.253. The number of allylic oxidation sites excluding steroid dienone is 3. The molecule has 0 aliphatic rings. The minimum atomic E-state index is -0.528. The van der Waals surface area contributed by atoms with E-state index in [0.29, 0.717) is 0 Å². The van der Waals surface area contributed by atoms with Crippen LogP contribution in [0.25, 0.3) is 0 Å². The van der Waals surface area contributed by atoms with Gasteiger partial charge in [0.15, 0.2) is 0 Å². The van der Waals surface area contributed by atoms with E-state index < -0.39 is 5.83 Å². The van der Waals surface area contributed by atoms with E-state index in [1.807, 2.05) is 0 Å². The number of rotatable bonds is 2. The van der Waals surface area contributed by atoms with E-state index in [1.165, 1.54) is 13.0 Å². The molecule has 1 nitrogen and oxygen atoms in total. The summed E-state index contributed by atoms with van der Waals surface area (Å²) in [4.78, 5) is 0. The van der Waals surface area contributed by atoms with Gasteiger partial charge in [0.05, 0.1) is 5.71 Å². The lowest BCUT2D eigenvalue weighted by atomic mass is 10.3. The Bertz CT molecular complexity index is 135. The van der Waals surface area contributed by atoms with Gasteiger partial charge in [-0.25, -0.2) is 4.39 Å². The summed E-state index contributed by atoms with van der Waals surface area (Å²) >= 11 is 0. The van der Waals surface area contributed by atoms with Crippen molar-refractivity contribution in [2.24, 2.45) is 0 Å². The average molecular weight is 113 g/mol. The van der Waals surface area contributed by atoms with Crippen LogP contribution in [0.3, 0.4) is 0 Å². The Kier molecular flexibility index (Phi) is 2.77. The first-order valence-electron chi connectivity index (χ1n) is 2.25. The zero-order valence-corrected chi connectivity index (χ0v) is 4.74. The van der Waals surface area contributed by atoms with E-state index in [0.717, 1.165) is 6.08 Å². The molecule has 0 aliphatic carbocycles. The molecular weight excluding hydrogens is 105 g/mol. The Morgan fingerprint density at radius 3 is 2.38 bits per heavy atom.